The van der Waals surface area contributed by atoms with Crippen LogP contribution in [0.4, 0.5) is 0 Å². The van der Waals surface area contributed by atoms with E-state index in [4.69, 9.17) is 5.73 Å². The summed E-state index contributed by atoms with van der Waals surface area (Å²) in [6, 6.07) is 8.44. The van der Waals surface area contributed by atoms with Crippen molar-refractivity contribution in [3.63, 3.8) is 0 Å². The normalized spacial score (nSPS) is 14.9. The van der Waals surface area contributed by atoms with E-state index in [-0.39, 0.29) is 5.91 Å². The predicted octanol–water partition coefficient (Wildman–Crippen LogP) is 1.31. The maximum Gasteiger partial charge on any atom is 0.226 e. The molecule has 0 saturated heterocycles. The van der Waals surface area contributed by atoms with E-state index in [0.29, 0.717) is 19.0 Å². The molecule has 0 heterocycles. The zero-order valence-corrected chi connectivity index (χ0v) is 9.65. The van der Waals surface area contributed by atoms with E-state index in [1.807, 2.05) is 36.2 Å². The Hall–Kier alpha value is -1.35. The number of nitrogens with zero attached hydrogens (tertiary/aromatic N) is 1. The van der Waals surface area contributed by atoms with Crippen molar-refractivity contribution in [2.24, 2.45) is 5.73 Å². The number of carbonyl (C=O) groups is 1. The van der Waals surface area contributed by atoms with Gasteiger partial charge in [-0.1, -0.05) is 24.3 Å². The van der Waals surface area contributed by atoms with Crippen LogP contribution < -0.4 is 5.73 Å². The van der Waals surface area contributed by atoms with Gasteiger partial charge in [-0.2, -0.15) is 0 Å². The summed E-state index contributed by atoms with van der Waals surface area (Å²) in [6.45, 7) is 0.552. The molecule has 1 aromatic rings. The second kappa shape index (κ2) is 4.66. The number of rotatable bonds is 4. The Labute approximate surface area is 96.2 Å². The lowest BCUT2D eigenvalue weighted by Crippen LogP contribution is -2.30. The molecule has 2 rings (SSSR count). The molecule has 1 aliphatic carbocycles. The van der Waals surface area contributed by atoms with Gasteiger partial charge in [-0.25, -0.2) is 0 Å². The summed E-state index contributed by atoms with van der Waals surface area (Å²) in [4.78, 5) is 13.7. The first-order chi connectivity index (χ1) is 7.70. The second-order valence-electron chi connectivity index (χ2n) is 4.43. The van der Waals surface area contributed by atoms with Crippen LogP contribution >= 0.6 is 0 Å². The van der Waals surface area contributed by atoms with Crippen molar-refractivity contribution in [2.75, 3.05) is 7.05 Å². The highest BCUT2D eigenvalue weighted by Gasteiger charge is 2.29. The number of hydrogen-bond donors (Lipinski definition) is 1. The molecule has 2 N–H and O–H groups in total. The van der Waals surface area contributed by atoms with Crippen LogP contribution in [0.15, 0.2) is 24.3 Å². The monoisotopic (exact) mass is 218 g/mol. The lowest BCUT2D eigenvalue weighted by molar-refractivity contribution is -0.129. The first-order valence-corrected chi connectivity index (χ1v) is 5.74. The van der Waals surface area contributed by atoms with Crippen molar-refractivity contribution < 1.29 is 4.79 Å². The Morgan fingerprint density at radius 1 is 1.31 bits per heavy atom. The van der Waals surface area contributed by atoms with Gasteiger partial charge in [-0.15, -0.1) is 0 Å². The van der Waals surface area contributed by atoms with Gasteiger partial charge in [0.2, 0.25) is 5.91 Å². The Bertz CT molecular complexity index is 368. The Morgan fingerprint density at radius 3 is 2.38 bits per heavy atom. The largest absolute Gasteiger partial charge is 0.342 e. The maximum atomic E-state index is 11.8. The van der Waals surface area contributed by atoms with Gasteiger partial charge in [-0.05, 0) is 24.0 Å². The topological polar surface area (TPSA) is 46.3 Å². The highest BCUT2D eigenvalue weighted by atomic mass is 16.2. The fourth-order valence-corrected chi connectivity index (χ4v) is 1.76. The van der Waals surface area contributed by atoms with Crippen LogP contribution in [-0.4, -0.2) is 23.9 Å². The van der Waals surface area contributed by atoms with Crippen molar-refractivity contribution in [3.05, 3.63) is 35.4 Å². The van der Waals surface area contributed by atoms with Crippen molar-refractivity contribution in [1.29, 1.82) is 0 Å². The van der Waals surface area contributed by atoms with Gasteiger partial charge in [0.25, 0.3) is 0 Å². The van der Waals surface area contributed by atoms with Crippen molar-refractivity contribution in [3.8, 4) is 0 Å². The zero-order chi connectivity index (χ0) is 11.5. The summed E-state index contributed by atoms with van der Waals surface area (Å²) in [6.07, 6.45) is 2.82. The maximum absolute atomic E-state index is 11.8. The highest BCUT2D eigenvalue weighted by molar-refractivity contribution is 5.79. The second-order valence-corrected chi connectivity index (χ2v) is 4.43. The average Bonchev–Trinajstić information content (AvgIpc) is 3.13. The number of benzene rings is 1. The van der Waals surface area contributed by atoms with Gasteiger partial charge < -0.3 is 10.6 Å². The molecule has 1 fully saturated rings. The lowest BCUT2D eigenvalue weighted by atomic mass is 10.1. The van der Waals surface area contributed by atoms with Gasteiger partial charge in [0, 0.05) is 19.6 Å². The van der Waals surface area contributed by atoms with Crippen LogP contribution in [-0.2, 0) is 17.8 Å². The quantitative estimate of drug-likeness (QED) is 0.828. The molecule has 1 saturated carbocycles. The van der Waals surface area contributed by atoms with E-state index in [1.54, 1.807) is 0 Å². The van der Waals surface area contributed by atoms with Gasteiger partial charge in [0.15, 0.2) is 0 Å². The fraction of sp³-hybridized carbons (Fsp3) is 0.462. The molecule has 0 unspecified atom stereocenters. The predicted molar refractivity (Wildman–Crippen MR) is 63.8 cm³/mol. The smallest absolute Gasteiger partial charge is 0.226 e. The first kappa shape index (κ1) is 11.1. The minimum absolute atomic E-state index is 0.211. The number of amides is 1. The molecule has 1 aromatic carbocycles. The molecule has 1 amide bonds. The zero-order valence-electron chi connectivity index (χ0n) is 9.65. The number of likely N-dealkylation sites (N-methyl/N-ethyl adjacent to an activating group) is 1. The number of nitrogens with two attached hydrogens (primary N) is 1. The van der Waals surface area contributed by atoms with Crippen molar-refractivity contribution in [1.82, 2.24) is 4.90 Å². The van der Waals surface area contributed by atoms with Crippen molar-refractivity contribution >= 4 is 5.91 Å². The third-order valence-corrected chi connectivity index (χ3v) is 3.10. The number of hydrogen-bond acceptors (Lipinski definition) is 2. The van der Waals surface area contributed by atoms with Crippen LogP contribution in [0.5, 0.6) is 0 Å². The molecule has 0 atom stereocenters. The summed E-state index contributed by atoms with van der Waals surface area (Å²) >= 11 is 0. The van der Waals surface area contributed by atoms with E-state index < -0.39 is 0 Å². The van der Waals surface area contributed by atoms with E-state index in [9.17, 15) is 4.79 Å². The van der Waals surface area contributed by atoms with Crippen LogP contribution in [0.3, 0.4) is 0 Å². The molecule has 0 bridgehead atoms. The van der Waals surface area contributed by atoms with Gasteiger partial charge in [0.05, 0.1) is 6.42 Å². The molecule has 0 spiro atoms. The highest BCUT2D eigenvalue weighted by Crippen LogP contribution is 2.25. The molecule has 0 aliphatic heterocycles. The summed E-state index contributed by atoms with van der Waals surface area (Å²) in [5, 5.41) is 0. The van der Waals surface area contributed by atoms with Crippen molar-refractivity contribution in [2.45, 2.75) is 31.8 Å². The summed E-state index contributed by atoms with van der Waals surface area (Å²) < 4.78 is 0. The van der Waals surface area contributed by atoms with E-state index >= 15 is 0 Å². The molecule has 0 aromatic heterocycles. The molecular formula is C13H18N2O. The molecule has 0 radical (unpaired) electrons. The molecule has 86 valence electrons. The van der Waals surface area contributed by atoms with Crippen LogP contribution in [0, 0.1) is 0 Å². The molecule has 1 aliphatic rings. The minimum atomic E-state index is 0.211. The summed E-state index contributed by atoms with van der Waals surface area (Å²) in [7, 11) is 1.90. The van der Waals surface area contributed by atoms with E-state index in [2.05, 4.69) is 0 Å². The third-order valence-electron chi connectivity index (χ3n) is 3.10. The number of carbonyl (C=O) groups excluding carboxylic acids is 1. The lowest BCUT2D eigenvalue weighted by Gasteiger charge is -2.16. The minimum Gasteiger partial charge on any atom is -0.342 e. The average molecular weight is 218 g/mol. The van der Waals surface area contributed by atoms with Crippen LogP contribution in [0.1, 0.15) is 24.0 Å². The molecule has 16 heavy (non-hydrogen) atoms. The van der Waals surface area contributed by atoms with Crippen LogP contribution in [0.25, 0.3) is 0 Å². The standard InChI is InChI=1S/C13H18N2O/c1-15(12-6-7-12)13(16)8-10-2-4-11(9-14)5-3-10/h2-5,12H,6-9,14H2,1H3. The molecule has 3 heteroatoms. The van der Waals surface area contributed by atoms with Crippen LogP contribution in [0.2, 0.25) is 0 Å². The van der Waals surface area contributed by atoms with E-state index in [1.165, 1.54) is 0 Å². The summed E-state index contributed by atoms with van der Waals surface area (Å²) in [5.41, 5.74) is 7.69. The fourth-order valence-electron chi connectivity index (χ4n) is 1.76. The SMILES string of the molecule is CN(C(=O)Cc1ccc(CN)cc1)C1CC1. The molecular weight excluding hydrogens is 200 g/mol. The third kappa shape index (κ3) is 2.61. The van der Waals surface area contributed by atoms with Gasteiger partial charge in [0.1, 0.15) is 0 Å². The van der Waals surface area contributed by atoms with Gasteiger partial charge >= 0.3 is 0 Å². The Morgan fingerprint density at radius 2 is 1.88 bits per heavy atom. The Kier molecular flexibility index (Phi) is 3.25. The first-order valence-electron chi connectivity index (χ1n) is 5.74. The molecule has 3 nitrogen and oxygen atoms in total. The van der Waals surface area contributed by atoms with Gasteiger partial charge in [-0.3, -0.25) is 4.79 Å². The Balaban J connectivity index is 1.94. The summed E-state index contributed by atoms with van der Waals surface area (Å²) in [5.74, 6) is 0.211. The van der Waals surface area contributed by atoms with E-state index in [0.717, 1.165) is 24.0 Å².